The highest BCUT2D eigenvalue weighted by atomic mass is 16.5. The number of carbonyl (C=O) groups excluding carboxylic acids is 1. The van der Waals surface area contributed by atoms with E-state index < -0.39 is 0 Å². The van der Waals surface area contributed by atoms with Crippen molar-refractivity contribution in [3.05, 3.63) is 11.7 Å². The zero-order chi connectivity index (χ0) is 18.2. The third-order valence-corrected chi connectivity index (χ3v) is 4.86. The average Bonchev–Trinajstić information content (AvgIpc) is 3.03. The SMILES string of the molecule is CCC(CC)C(=O)N1CCC(OCCc2noc(CC(C)C)n2)CC1. The van der Waals surface area contributed by atoms with Gasteiger partial charge in [-0.2, -0.15) is 4.98 Å². The number of hydrogen-bond acceptors (Lipinski definition) is 5. The average molecular weight is 351 g/mol. The molecule has 6 nitrogen and oxygen atoms in total. The minimum atomic E-state index is 0.177. The molecule has 2 rings (SSSR count). The van der Waals surface area contributed by atoms with Crippen molar-refractivity contribution >= 4 is 5.91 Å². The van der Waals surface area contributed by atoms with Crippen LogP contribution in [0.2, 0.25) is 0 Å². The number of rotatable bonds is 9. The third kappa shape index (κ3) is 6.10. The molecule has 1 aromatic rings. The summed E-state index contributed by atoms with van der Waals surface area (Å²) in [6.07, 6.45) is 5.40. The normalized spacial score (nSPS) is 16.2. The third-order valence-electron chi connectivity index (χ3n) is 4.86. The molecule has 0 spiro atoms. The van der Waals surface area contributed by atoms with E-state index in [4.69, 9.17) is 9.26 Å². The second kappa shape index (κ2) is 9.90. The minimum absolute atomic E-state index is 0.177. The van der Waals surface area contributed by atoms with E-state index in [0.717, 1.165) is 51.0 Å². The molecule has 0 radical (unpaired) electrons. The monoisotopic (exact) mass is 351 g/mol. The molecule has 0 unspecified atom stereocenters. The van der Waals surface area contributed by atoms with Crippen LogP contribution in [0.15, 0.2) is 4.52 Å². The van der Waals surface area contributed by atoms with Crippen molar-refractivity contribution in [2.45, 2.75) is 72.3 Å². The lowest BCUT2D eigenvalue weighted by atomic mass is 9.99. The van der Waals surface area contributed by atoms with Crippen molar-refractivity contribution in [3.63, 3.8) is 0 Å². The second-order valence-electron chi connectivity index (χ2n) is 7.36. The molecule has 1 saturated heterocycles. The summed E-state index contributed by atoms with van der Waals surface area (Å²) < 4.78 is 11.2. The van der Waals surface area contributed by atoms with E-state index >= 15 is 0 Å². The highest BCUT2D eigenvalue weighted by Crippen LogP contribution is 2.19. The molecular weight excluding hydrogens is 318 g/mol. The Morgan fingerprint density at radius 1 is 1.28 bits per heavy atom. The van der Waals surface area contributed by atoms with Crippen LogP contribution in [0, 0.1) is 11.8 Å². The highest BCUT2D eigenvalue weighted by molar-refractivity contribution is 5.78. The summed E-state index contributed by atoms with van der Waals surface area (Å²) >= 11 is 0. The standard InChI is InChI=1S/C19H33N3O3/c1-5-15(6-2)19(23)22-10-7-16(8-11-22)24-12-9-17-20-18(25-21-17)13-14(3)4/h14-16H,5-13H2,1-4H3. The molecule has 1 aromatic heterocycles. The first-order valence-electron chi connectivity index (χ1n) is 9.75. The largest absolute Gasteiger partial charge is 0.378 e. The molecule has 25 heavy (non-hydrogen) atoms. The molecule has 1 aliphatic rings. The van der Waals surface area contributed by atoms with Gasteiger partial charge < -0.3 is 14.2 Å². The molecule has 0 aliphatic carbocycles. The topological polar surface area (TPSA) is 68.5 Å². The van der Waals surface area contributed by atoms with Gasteiger partial charge in [0.25, 0.3) is 0 Å². The highest BCUT2D eigenvalue weighted by Gasteiger charge is 2.26. The zero-order valence-corrected chi connectivity index (χ0v) is 16.2. The lowest BCUT2D eigenvalue weighted by Crippen LogP contribution is -2.43. The number of hydrogen-bond donors (Lipinski definition) is 0. The minimum Gasteiger partial charge on any atom is -0.378 e. The predicted octanol–water partition coefficient (Wildman–Crippen LogP) is 3.25. The molecule has 1 amide bonds. The van der Waals surface area contributed by atoms with Crippen LogP contribution in [0.3, 0.4) is 0 Å². The number of likely N-dealkylation sites (tertiary alicyclic amines) is 1. The van der Waals surface area contributed by atoms with Crippen LogP contribution >= 0.6 is 0 Å². The Hall–Kier alpha value is -1.43. The van der Waals surface area contributed by atoms with Crippen LogP contribution in [0.4, 0.5) is 0 Å². The fourth-order valence-electron chi connectivity index (χ4n) is 3.28. The van der Waals surface area contributed by atoms with Gasteiger partial charge in [-0.25, -0.2) is 0 Å². The smallest absolute Gasteiger partial charge is 0.226 e. The number of piperidine rings is 1. The Bertz CT molecular complexity index is 518. The van der Waals surface area contributed by atoms with E-state index in [2.05, 4.69) is 37.8 Å². The van der Waals surface area contributed by atoms with E-state index in [1.807, 2.05) is 4.90 Å². The fourth-order valence-corrected chi connectivity index (χ4v) is 3.28. The molecule has 0 saturated carbocycles. The molecule has 0 bridgehead atoms. The number of carbonyl (C=O) groups is 1. The molecule has 0 N–H and O–H groups in total. The first-order chi connectivity index (χ1) is 12.0. The van der Waals surface area contributed by atoms with Gasteiger partial charge in [0.05, 0.1) is 12.7 Å². The van der Waals surface area contributed by atoms with Gasteiger partial charge in [0.15, 0.2) is 5.82 Å². The van der Waals surface area contributed by atoms with Crippen LogP contribution < -0.4 is 0 Å². The summed E-state index contributed by atoms with van der Waals surface area (Å²) in [6.45, 7) is 10.7. The maximum absolute atomic E-state index is 12.4. The van der Waals surface area contributed by atoms with Crippen molar-refractivity contribution in [2.24, 2.45) is 11.8 Å². The molecule has 142 valence electrons. The summed E-state index contributed by atoms with van der Waals surface area (Å²) in [7, 11) is 0. The quantitative estimate of drug-likeness (QED) is 0.683. The van der Waals surface area contributed by atoms with Gasteiger partial charge in [0.1, 0.15) is 0 Å². The van der Waals surface area contributed by atoms with Crippen molar-refractivity contribution in [1.29, 1.82) is 0 Å². The van der Waals surface area contributed by atoms with Gasteiger partial charge in [-0.3, -0.25) is 4.79 Å². The summed E-state index contributed by atoms with van der Waals surface area (Å²) in [4.78, 5) is 18.8. The number of aromatic nitrogens is 2. The maximum atomic E-state index is 12.4. The Morgan fingerprint density at radius 3 is 2.56 bits per heavy atom. The molecule has 0 aromatic carbocycles. The van der Waals surface area contributed by atoms with Gasteiger partial charge in [0.2, 0.25) is 11.8 Å². The Kier molecular flexibility index (Phi) is 7.88. The predicted molar refractivity (Wildman–Crippen MR) is 96.2 cm³/mol. The van der Waals surface area contributed by atoms with Gasteiger partial charge >= 0.3 is 0 Å². The van der Waals surface area contributed by atoms with Gasteiger partial charge in [0, 0.05) is 31.8 Å². The van der Waals surface area contributed by atoms with E-state index in [0.29, 0.717) is 30.7 Å². The Balaban J connectivity index is 1.67. The molecule has 0 atom stereocenters. The molecular formula is C19H33N3O3. The van der Waals surface area contributed by atoms with Gasteiger partial charge in [-0.05, 0) is 31.6 Å². The summed E-state index contributed by atoms with van der Waals surface area (Å²) in [5, 5.41) is 4.01. The van der Waals surface area contributed by atoms with E-state index in [1.54, 1.807) is 0 Å². The first kappa shape index (κ1) is 19.9. The Morgan fingerprint density at radius 2 is 1.96 bits per heavy atom. The molecule has 2 heterocycles. The second-order valence-corrected chi connectivity index (χ2v) is 7.36. The fraction of sp³-hybridized carbons (Fsp3) is 0.842. The van der Waals surface area contributed by atoms with Crippen molar-refractivity contribution in [1.82, 2.24) is 15.0 Å². The van der Waals surface area contributed by atoms with Crippen LogP contribution in [0.5, 0.6) is 0 Å². The van der Waals surface area contributed by atoms with Gasteiger partial charge in [-0.15, -0.1) is 0 Å². The van der Waals surface area contributed by atoms with Gasteiger partial charge in [-0.1, -0.05) is 32.9 Å². The lowest BCUT2D eigenvalue weighted by molar-refractivity contribution is -0.138. The van der Waals surface area contributed by atoms with Crippen LogP contribution in [-0.4, -0.2) is 46.7 Å². The summed E-state index contributed by atoms with van der Waals surface area (Å²) in [6, 6.07) is 0. The molecule has 1 fully saturated rings. The number of amides is 1. The van der Waals surface area contributed by atoms with Crippen LogP contribution in [0.1, 0.15) is 65.1 Å². The van der Waals surface area contributed by atoms with Crippen molar-refractivity contribution in [3.8, 4) is 0 Å². The van der Waals surface area contributed by atoms with Crippen molar-refractivity contribution < 1.29 is 14.1 Å². The van der Waals surface area contributed by atoms with E-state index in [1.165, 1.54) is 0 Å². The maximum Gasteiger partial charge on any atom is 0.226 e. The van der Waals surface area contributed by atoms with Crippen molar-refractivity contribution in [2.75, 3.05) is 19.7 Å². The molecule has 1 aliphatic heterocycles. The Labute approximate surface area is 151 Å². The summed E-state index contributed by atoms with van der Waals surface area (Å²) in [5.74, 6) is 2.43. The van der Waals surface area contributed by atoms with E-state index in [-0.39, 0.29) is 12.0 Å². The molecule has 6 heteroatoms. The number of ether oxygens (including phenoxy) is 1. The van der Waals surface area contributed by atoms with E-state index in [9.17, 15) is 4.79 Å². The summed E-state index contributed by atoms with van der Waals surface area (Å²) in [5.41, 5.74) is 0. The lowest BCUT2D eigenvalue weighted by Gasteiger charge is -2.33. The van der Waals surface area contributed by atoms with Crippen LogP contribution in [0.25, 0.3) is 0 Å². The number of nitrogens with zero attached hydrogens (tertiary/aromatic N) is 3. The zero-order valence-electron chi connectivity index (χ0n) is 16.2. The van der Waals surface area contributed by atoms with Crippen LogP contribution in [-0.2, 0) is 22.4 Å². The first-order valence-corrected chi connectivity index (χ1v) is 9.75.